The smallest absolute Gasteiger partial charge is 0.237 e. The van der Waals surface area contributed by atoms with Crippen molar-refractivity contribution >= 4 is 17.2 Å². The van der Waals surface area contributed by atoms with Gasteiger partial charge in [0.15, 0.2) is 0 Å². The SMILES string of the molecule is Cc1ccc(C(C)NC(=O)C2CCCN2)s1. The zero-order chi connectivity index (χ0) is 11.5. The first-order valence-corrected chi connectivity index (χ1v) is 6.58. The molecular weight excluding hydrogens is 220 g/mol. The largest absolute Gasteiger partial charge is 0.347 e. The Labute approximate surface area is 100 Å². The summed E-state index contributed by atoms with van der Waals surface area (Å²) in [7, 11) is 0. The Bertz CT molecular complexity index is 369. The Morgan fingerprint density at radius 1 is 1.62 bits per heavy atom. The number of aryl methyl sites for hydroxylation is 1. The number of amides is 1. The van der Waals surface area contributed by atoms with Crippen LogP contribution in [0, 0.1) is 6.92 Å². The average Bonchev–Trinajstić information content (AvgIpc) is 2.87. The molecule has 1 aliphatic heterocycles. The Hall–Kier alpha value is -0.870. The molecule has 88 valence electrons. The molecule has 1 aromatic heterocycles. The van der Waals surface area contributed by atoms with Crippen molar-refractivity contribution in [2.45, 2.75) is 38.8 Å². The van der Waals surface area contributed by atoms with Gasteiger partial charge in [0.2, 0.25) is 5.91 Å². The van der Waals surface area contributed by atoms with Crippen molar-refractivity contribution in [3.05, 3.63) is 21.9 Å². The van der Waals surface area contributed by atoms with Crippen LogP contribution in [0.2, 0.25) is 0 Å². The molecule has 2 unspecified atom stereocenters. The van der Waals surface area contributed by atoms with Gasteiger partial charge in [-0.3, -0.25) is 4.79 Å². The Morgan fingerprint density at radius 2 is 2.44 bits per heavy atom. The molecule has 2 heterocycles. The minimum absolute atomic E-state index is 0.0171. The molecule has 0 saturated carbocycles. The van der Waals surface area contributed by atoms with Crippen molar-refractivity contribution in [1.29, 1.82) is 0 Å². The summed E-state index contributed by atoms with van der Waals surface area (Å²) in [6, 6.07) is 4.32. The number of carbonyl (C=O) groups is 1. The van der Waals surface area contributed by atoms with Crippen LogP contribution in [0.1, 0.15) is 35.6 Å². The Morgan fingerprint density at radius 3 is 3.00 bits per heavy atom. The summed E-state index contributed by atoms with van der Waals surface area (Å²) < 4.78 is 0. The van der Waals surface area contributed by atoms with E-state index in [0.29, 0.717) is 0 Å². The van der Waals surface area contributed by atoms with Crippen LogP contribution in [0.25, 0.3) is 0 Å². The molecule has 1 aromatic rings. The van der Waals surface area contributed by atoms with Gasteiger partial charge in [-0.1, -0.05) is 0 Å². The molecule has 0 spiro atoms. The Kier molecular flexibility index (Phi) is 3.61. The van der Waals surface area contributed by atoms with Gasteiger partial charge in [-0.05, 0) is 45.4 Å². The first-order valence-electron chi connectivity index (χ1n) is 5.77. The molecule has 1 saturated heterocycles. The van der Waals surface area contributed by atoms with Crippen LogP contribution < -0.4 is 10.6 Å². The molecule has 0 aliphatic carbocycles. The maximum atomic E-state index is 11.9. The van der Waals surface area contributed by atoms with E-state index in [9.17, 15) is 4.79 Å². The third-order valence-corrected chi connectivity index (χ3v) is 4.11. The topological polar surface area (TPSA) is 41.1 Å². The summed E-state index contributed by atoms with van der Waals surface area (Å²) in [6.07, 6.45) is 2.06. The van der Waals surface area contributed by atoms with E-state index in [1.54, 1.807) is 11.3 Å². The third kappa shape index (κ3) is 2.62. The van der Waals surface area contributed by atoms with Crippen LogP contribution in [0.5, 0.6) is 0 Å². The van der Waals surface area contributed by atoms with Gasteiger partial charge >= 0.3 is 0 Å². The van der Waals surface area contributed by atoms with Crippen LogP contribution in [0.15, 0.2) is 12.1 Å². The highest BCUT2D eigenvalue weighted by atomic mass is 32.1. The summed E-state index contributed by atoms with van der Waals surface area (Å²) >= 11 is 1.75. The van der Waals surface area contributed by atoms with E-state index < -0.39 is 0 Å². The summed E-state index contributed by atoms with van der Waals surface area (Å²) in [6.45, 7) is 5.09. The molecule has 0 radical (unpaired) electrons. The summed E-state index contributed by atoms with van der Waals surface area (Å²) in [5, 5.41) is 6.27. The van der Waals surface area contributed by atoms with Gasteiger partial charge in [-0.2, -0.15) is 0 Å². The highest BCUT2D eigenvalue weighted by Crippen LogP contribution is 2.22. The van der Waals surface area contributed by atoms with Crippen molar-refractivity contribution in [3.8, 4) is 0 Å². The summed E-state index contributed by atoms with van der Waals surface area (Å²) in [5.74, 6) is 0.135. The summed E-state index contributed by atoms with van der Waals surface area (Å²) in [5.41, 5.74) is 0. The normalized spacial score (nSPS) is 22.0. The van der Waals surface area contributed by atoms with Gasteiger partial charge < -0.3 is 10.6 Å². The van der Waals surface area contributed by atoms with E-state index >= 15 is 0 Å². The van der Waals surface area contributed by atoms with Crippen LogP contribution in [-0.2, 0) is 4.79 Å². The average molecular weight is 238 g/mol. The number of carbonyl (C=O) groups excluding carboxylic acids is 1. The first kappa shape index (κ1) is 11.6. The Balaban J connectivity index is 1.91. The van der Waals surface area contributed by atoms with Crippen molar-refractivity contribution in [2.75, 3.05) is 6.54 Å². The predicted octanol–water partition coefficient (Wildman–Crippen LogP) is 1.99. The lowest BCUT2D eigenvalue weighted by molar-refractivity contribution is -0.123. The summed E-state index contributed by atoms with van der Waals surface area (Å²) in [4.78, 5) is 14.4. The van der Waals surface area contributed by atoms with Gasteiger partial charge in [-0.15, -0.1) is 11.3 Å². The second-order valence-electron chi connectivity index (χ2n) is 4.33. The molecule has 4 heteroatoms. The van der Waals surface area contributed by atoms with E-state index in [0.717, 1.165) is 19.4 Å². The van der Waals surface area contributed by atoms with E-state index in [4.69, 9.17) is 0 Å². The van der Waals surface area contributed by atoms with E-state index in [1.807, 2.05) is 6.92 Å². The first-order chi connectivity index (χ1) is 7.66. The highest BCUT2D eigenvalue weighted by Gasteiger charge is 2.23. The molecule has 2 atom stereocenters. The zero-order valence-corrected chi connectivity index (χ0v) is 10.6. The monoisotopic (exact) mass is 238 g/mol. The lowest BCUT2D eigenvalue weighted by atomic mass is 10.2. The minimum Gasteiger partial charge on any atom is -0.347 e. The van der Waals surface area contributed by atoms with Crippen molar-refractivity contribution in [3.63, 3.8) is 0 Å². The number of nitrogens with one attached hydrogen (secondary N) is 2. The fraction of sp³-hybridized carbons (Fsp3) is 0.583. The lowest BCUT2D eigenvalue weighted by Gasteiger charge is -2.16. The van der Waals surface area contributed by atoms with E-state index in [2.05, 4.69) is 29.7 Å². The molecule has 2 N–H and O–H groups in total. The second kappa shape index (κ2) is 4.97. The number of hydrogen-bond acceptors (Lipinski definition) is 3. The molecule has 0 aromatic carbocycles. The molecule has 1 amide bonds. The number of rotatable bonds is 3. The van der Waals surface area contributed by atoms with Gasteiger partial charge in [0.05, 0.1) is 12.1 Å². The van der Waals surface area contributed by atoms with Gasteiger partial charge in [0.1, 0.15) is 0 Å². The fourth-order valence-electron chi connectivity index (χ4n) is 1.98. The molecule has 1 fully saturated rings. The number of hydrogen-bond donors (Lipinski definition) is 2. The molecule has 2 rings (SSSR count). The van der Waals surface area contributed by atoms with Crippen LogP contribution in [0.3, 0.4) is 0 Å². The minimum atomic E-state index is 0.0171. The van der Waals surface area contributed by atoms with Crippen molar-refractivity contribution in [1.82, 2.24) is 10.6 Å². The third-order valence-electron chi connectivity index (χ3n) is 2.92. The highest BCUT2D eigenvalue weighted by molar-refractivity contribution is 7.12. The van der Waals surface area contributed by atoms with Gasteiger partial charge in [-0.25, -0.2) is 0 Å². The van der Waals surface area contributed by atoms with Crippen LogP contribution in [0.4, 0.5) is 0 Å². The van der Waals surface area contributed by atoms with Gasteiger partial charge in [0.25, 0.3) is 0 Å². The maximum Gasteiger partial charge on any atom is 0.237 e. The number of thiophene rings is 1. The molecular formula is C12H18N2OS. The van der Waals surface area contributed by atoms with Crippen molar-refractivity contribution in [2.24, 2.45) is 0 Å². The predicted molar refractivity (Wildman–Crippen MR) is 66.6 cm³/mol. The van der Waals surface area contributed by atoms with Crippen molar-refractivity contribution < 1.29 is 4.79 Å². The lowest BCUT2D eigenvalue weighted by Crippen LogP contribution is -2.41. The zero-order valence-electron chi connectivity index (χ0n) is 9.75. The molecule has 3 nitrogen and oxygen atoms in total. The fourth-order valence-corrected chi connectivity index (χ4v) is 2.86. The van der Waals surface area contributed by atoms with E-state index in [-0.39, 0.29) is 18.0 Å². The standard InChI is InChI=1S/C12H18N2OS/c1-8-5-6-11(16-8)9(2)14-12(15)10-4-3-7-13-10/h5-6,9-10,13H,3-4,7H2,1-2H3,(H,14,15). The maximum absolute atomic E-state index is 11.9. The quantitative estimate of drug-likeness (QED) is 0.845. The molecule has 0 bridgehead atoms. The van der Waals surface area contributed by atoms with Crippen LogP contribution >= 0.6 is 11.3 Å². The van der Waals surface area contributed by atoms with Crippen LogP contribution in [-0.4, -0.2) is 18.5 Å². The van der Waals surface area contributed by atoms with Gasteiger partial charge in [0, 0.05) is 9.75 Å². The molecule has 16 heavy (non-hydrogen) atoms. The second-order valence-corrected chi connectivity index (χ2v) is 5.65. The van der Waals surface area contributed by atoms with E-state index in [1.165, 1.54) is 9.75 Å². The molecule has 1 aliphatic rings.